The predicted molar refractivity (Wildman–Crippen MR) is 67.9 cm³/mol. The van der Waals surface area contributed by atoms with Gasteiger partial charge in [-0.05, 0) is 25.0 Å². The van der Waals surface area contributed by atoms with Crippen molar-refractivity contribution in [3.8, 4) is 5.75 Å². The summed E-state index contributed by atoms with van der Waals surface area (Å²) >= 11 is 0. The number of carbonyl (C=O) groups excluding carboxylic acids is 2. The summed E-state index contributed by atoms with van der Waals surface area (Å²) in [6.07, 6.45) is 1.13. The minimum atomic E-state index is -0.386. The van der Waals surface area contributed by atoms with Crippen LogP contribution in [0.1, 0.15) is 25.3 Å². The van der Waals surface area contributed by atoms with E-state index in [0.717, 1.165) is 12.0 Å². The van der Waals surface area contributed by atoms with Crippen LogP contribution in [0.2, 0.25) is 0 Å². The molecule has 0 aliphatic heterocycles. The van der Waals surface area contributed by atoms with Crippen LogP contribution in [0.25, 0.3) is 0 Å². The molecule has 0 fully saturated rings. The number of aryl methyl sites for hydroxylation is 1. The molecule has 5 nitrogen and oxygen atoms in total. The van der Waals surface area contributed by atoms with Gasteiger partial charge in [0.1, 0.15) is 5.75 Å². The number of nitrogens with one attached hydrogen (secondary N) is 2. The second-order valence-electron chi connectivity index (χ2n) is 3.90. The third-order valence-electron chi connectivity index (χ3n) is 2.27. The van der Waals surface area contributed by atoms with Crippen LogP contribution in [0, 0.1) is 6.92 Å². The van der Waals surface area contributed by atoms with Gasteiger partial charge in [0.05, 0.1) is 0 Å². The highest BCUT2D eigenvalue weighted by Gasteiger charge is 2.05. The van der Waals surface area contributed by atoms with Crippen molar-refractivity contribution >= 4 is 11.8 Å². The van der Waals surface area contributed by atoms with Crippen molar-refractivity contribution in [1.29, 1.82) is 0 Å². The molecule has 0 saturated carbocycles. The Morgan fingerprint density at radius 3 is 2.50 bits per heavy atom. The third kappa shape index (κ3) is 4.86. The molecular formula is C13H18N2O3. The summed E-state index contributed by atoms with van der Waals surface area (Å²) < 4.78 is 5.33. The molecule has 0 spiro atoms. The summed E-state index contributed by atoms with van der Waals surface area (Å²) in [5.41, 5.74) is 5.57. The minimum Gasteiger partial charge on any atom is -0.483 e. The molecular weight excluding hydrogens is 232 g/mol. The predicted octanol–water partition coefficient (Wildman–Crippen LogP) is 1.32. The fraction of sp³-hybridized carbons (Fsp3) is 0.385. The molecule has 0 aliphatic rings. The van der Waals surface area contributed by atoms with Gasteiger partial charge < -0.3 is 4.74 Å². The lowest BCUT2D eigenvalue weighted by atomic mass is 10.2. The number of ether oxygens (including phenoxy) is 1. The lowest BCUT2D eigenvalue weighted by Gasteiger charge is -2.09. The van der Waals surface area contributed by atoms with E-state index in [0.29, 0.717) is 12.2 Å². The fourth-order valence-corrected chi connectivity index (χ4v) is 1.33. The number of para-hydroxylation sites is 1. The maximum Gasteiger partial charge on any atom is 0.276 e. The minimum absolute atomic E-state index is 0.128. The van der Waals surface area contributed by atoms with E-state index in [1.807, 2.05) is 32.0 Å². The first kappa shape index (κ1) is 14.0. The Balaban J connectivity index is 2.29. The standard InChI is InChI=1S/C13H18N2O3/c1-3-6-12(16)14-15-13(17)9-18-11-8-5-4-7-10(11)2/h4-5,7-8H,3,6,9H2,1-2H3,(H,14,16)(H,15,17). The van der Waals surface area contributed by atoms with Crippen molar-refractivity contribution in [2.24, 2.45) is 0 Å². The summed E-state index contributed by atoms with van der Waals surface area (Å²) in [5.74, 6) is 0.0667. The summed E-state index contributed by atoms with van der Waals surface area (Å²) in [5, 5.41) is 0. The van der Waals surface area contributed by atoms with Gasteiger partial charge >= 0.3 is 0 Å². The van der Waals surface area contributed by atoms with Crippen molar-refractivity contribution in [1.82, 2.24) is 10.9 Å². The Morgan fingerprint density at radius 1 is 1.17 bits per heavy atom. The Kier molecular flexibility index (Phi) is 5.70. The summed E-state index contributed by atoms with van der Waals surface area (Å²) in [6.45, 7) is 3.66. The highest BCUT2D eigenvalue weighted by molar-refractivity contribution is 5.82. The molecule has 0 heterocycles. The smallest absolute Gasteiger partial charge is 0.276 e. The molecule has 1 aromatic rings. The Morgan fingerprint density at radius 2 is 1.83 bits per heavy atom. The zero-order valence-electron chi connectivity index (χ0n) is 10.7. The van der Waals surface area contributed by atoms with Crippen LogP contribution in [0.15, 0.2) is 24.3 Å². The monoisotopic (exact) mass is 250 g/mol. The molecule has 5 heteroatoms. The van der Waals surface area contributed by atoms with Gasteiger partial charge in [0, 0.05) is 6.42 Å². The summed E-state index contributed by atoms with van der Waals surface area (Å²) in [7, 11) is 0. The number of hydrogen-bond acceptors (Lipinski definition) is 3. The topological polar surface area (TPSA) is 67.4 Å². The van der Waals surface area contributed by atoms with Gasteiger partial charge in [0.25, 0.3) is 5.91 Å². The van der Waals surface area contributed by atoms with E-state index in [-0.39, 0.29) is 18.4 Å². The van der Waals surface area contributed by atoms with Gasteiger partial charge in [-0.2, -0.15) is 0 Å². The molecule has 1 aromatic carbocycles. The van der Waals surface area contributed by atoms with Crippen LogP contribution < -0.4 is 15.6 Å². The SMILES string of the molecule is CCCC(=O)NNC(=O)COc1ccccc1C. The lowest BCUT2D eigenvalue weighted by molar-refractivity contribution is -0.130. The molecule has 0 radical (unpaired) electrons. The first-order valence-electron chi connectivity index (χ1n) is 5.89. The first-order valence-corrected chi connectivity index (χ1v) is 5.89. The number of amides is 2. The highest BCUT2D eigenvalue weighted by Crippen LogP contribution is 2.15. The van der Waals surface area contributed by atoms with Crippen LogP contribution in [-0.4, -0.2) is 18.4 Å². The molecule has 1 rings (SSSR count). The van der Waals surface area contributed by atoms with E-state index in [9.17, 15) is 9.59 Å². The Labute approximate surface area is 106 Å². The molecule has 0 saturated heterocycles. The largest absolute Gasteiger partial charge is 0.483 e. The first-order chi connectivity index (χ1) is 8.63. The van der Waals surface area contributed by atoms with Crippen molar-refractivity contribution in [2.45, 2.75) is 26.7 Å². The molecule has 18 heavy (non-hydrogen) atoms. The normalized spacial score (nSPS) is 9.67. The molecule has 2 amide bonds. The lowest BCUT2D eigenvalue weighted by Crippen LogP contribution is -2.43. The van der Waals surface area contributed by atoms with Crippen LogP contribution >= 0.6 is 0 Å². The van der Waals surface area contributed by atoms with E-state index in [1.54, 1.807) is 6.07 Å². The highest BCUT2D eigenvalue weighted by atomic mass is 16.5. The molecule has 0 bridgehead atoms. The number of hydrogen-bond donors (Lipinski definition) is 2. The van der Waals surface area contributed by atoms with Crippen LogP contribution in [0.5, 0.6) is 5.75 Å². The second kappa shape index (κ2) is 7.32. The quantitative estimate of drug-likeness (QED) is 0.774. The van der Waals surface area contributed by atoms with Crippen molar-refractivity contribution in [2.75, 3.05) is 6.61 Å². The Bertz CT molecular complexity index is 418. The van der Waals surface area contributed by atoms with Gasteiger partial charge in [-0.1, -0.05) is 25.1 Å². The van der Waals surface area contributed by atoms with Crippen molar-refractivity contribution < 1.29 is 14.3 Å². The van der Waals surface area contributed by atoms with E-state index in [2.05, 4.69) is 10.9 Å². The molecule has 2 N–H and O–H groups in total. The number of hydrazine groups is 1. The van der Waals surface area contributed by atoms with Gasteiger partial charge in [-0.25, -0.2) is 0 Å². The second-order valence-corrected chi connectivity index (χ2v) is 3.90. The van der Waals surface area contributed by atoms with Crippen molar-refractivity contribution in [3.63, 3.8) is 0 Å². The van der Waals surface area contributed by atoms with Crippen LogP contribution in [-0.2, 0) is 9.59 Å². The zero-order chi connectivity index (χ0) is 13.4. The maximum atomic E-state index is 11.4. The van der Waals surface area contributed by atoms with E-state index < -0.39 is 0 Å². The number of carbonyl (C=O) groups is 2. The average Bonchev–Trinajstić information content (AvgIpc) is 2.36. The molecule has 0 aliphatic carbocycles. The Hall–Kier alpha value is -2.04. The summed E-state index contributed by atoms with van der Waals surface area (Å²) in [6, 6.07) is 7.42. The number of rotatable bonds is 5. The van der Waals surface area contributed by atoms with Crippen LogP contribution in [0.4, 0.5) is 0 Å². The molecule has 0 aromatic heterocycles. The third-order valence-corrected chi connectivity index (χ3v) is 2.27. The molecule has 0 unspecified atom stereocenters. The number of benzene rings is 1. The van der Waals surface area contributed by atoms with E-state index in [1.165, 1.54) is 0 Å². The van der Waals surface area contributed by atoms with E-state index in [4.69, 9.17) is 4.74 Å². The zero-order valence-corrected chi connectivity index (χ0v) is 10.7. The van der Waals surface area contributed by atoms with Gasteiger partial charge in [0.2, 0.25) is 5.91 Å². The fourth-order valence-electron chi connectivity index (χ4n) is 1.33. The average molecular weight is 250 g/mol. The van der Waals surface area contributed by atoms with Gasteiger partial charge in [0.15, 0.2) is 6.61 Å². The van der Waals surface area contributed by atoms with Gasteiger partial charge in [-0.15, -0.1) is 0 Å². The van der Waals surface area contributed by atoms with Crippen molar-refractivity contribution in [3.05, 3.63) is 29.8 Å². The van der Waals surface area contributed by atoms with Gasteiger partial charge in [-0.3, -0.25) is 20.4 Å². The van der Waals surface area contributed by atoms with Crippen LogP contribution in [0.3, 0.4) is 0 Å². The molecule has 0 atom stereocenters. The maximum absolute atomic E-state index is 11.4. The molecule has 98 valence electrons. The summed E-state index contributed by atoms with van der Waals surface area (Å²) in [4.78, 5) is 22.5. The van der Waals surface area contributed by atoms with E-state index >= 15 is 0 Å².